The Morgan fingerprint density at radius 1 is 1.28 bits per heavy atom. The van der Waals surface area contributed by atoms with Gasteiger partial charge in [-0.15, -0.1) is 0 Å². The van der Waals surface area contributed by atoms with E-state index in [-0.39, 0.29) is 6.04 Å². The second kappa shape index (κ2) is 7.39. The van der Waals surface area contributed by atoms with Crippen LogP contribution in [0.5, 0.6) is 5.75 Å². The number of aromatic hydroxyl groups is 1. The molecule has 0 aromatic heterocycles. The van der Waals surface area contributed by atoms with E-state index in [0.717, 1.165) is 12.0 Å². The first-order chi connectivity index (χ1) is 8.60. The molecule has 1 rings (SSSR count). The molecule has 102 valence electrons. The third-order valence-electron chi connectivity index (χ3n) is 3.29. The minimum atomic E-state index is 0.161. The maximum Gasteiger partial charge on any atom is 0.120 e. The lowest BCUT2D eigenvalue weighted by Crippen LogP contribution is -2.40. The fourth-order valence-electron chi connectivity index (χ4n) is 2.08. The van der Waals surface area contributed by atoms with Gasteiger partial charge >= 0.3 is 0 Å². The fourth-order valence-corrected chi connectivity index (χ4v) is 2.08. The molecular weight excluding hydrogens is 226 g/mol. The highest BCUT2D eigenvalue weighted by molar-refractivity contribution is 5.34. The zero-order chi connectivity index (χ0) is 13.5. The molecule has 1 aromatic rings. The van der Waals surface area contributed by atoms with Crippen LogP contribution in [0.3, 0.4) is 0 Å². The molecule has 18 heavy (non-hydrogen) atoms. The van der Waals surface area contributed by atoms with Crippen LogP contribution < -0.4 is 5.32 Å². The van der Waals surface area contributed by atoms with Crippen LogP contribution in [0, 0.1) is 5.92 Å². The van der Waals surface area contributed by atoms with E-state index < -0.39 is 0 Å². The lowest BCUT2D eigenvalue weighted by atomic mass is 9.99. The fraction of sp³-hybridized carbons (Fsp3) is 0.600. The second-order valence-electron chi connectivity index (χ2n) is 4.99. The Morgan fingerprint density at radius 3 is 2.44 bits per heavy atom. The summed E-state index contributed by atoms with van der Waals surface area (Å²) in [5, 5.41) is 13.5. The Balaban J connectivity index is 2.80. The van der Waals surface area contributed by atoms with Gasteiger partial charge in [-0.05, 0) is 18.4 Å². The molecule has 3 heteroatoms. The van der Waals surface area contributed by atoms with Crippen LogP contribution in [0.4, 0.5) is 0 Å². The molecule has 0 aliphatic carbocycles. The number of benzene rings is 1. The van der Waals surface area contributed by atoms with Gasteiger partial charge in [-0.1, -0.05) is 39.0 Å². The molecule has 2 unspecified atom stereocenters. The van der Waals surface area contributed by atoms with Crippen molar-refractivity contribution >= 4 is 0 Å². The van der Waals surface area contributed by atoms with Crippen molar-refractivity contribution in [3.8, 4) is 5.75 Å². The average molecular weight is 251 g/mol. The minimum absolute atomic E-state index is 0.161. The van der Waals surface area contributed by atoms with Crippen LogP contribution >= 0.6 is 0 Å². The molecule has 0 aliphatic rings. The maximum absolute atomic E-state index is 9.92. The van der Waals surface area contributed by atoms with Crippen molar-refractivity contribution in [3.63, 3.8) is 0 Å². The predicted molar refractivity (Wildman–Crippen MR) is 74.8 cm³/mol. The topological polar surface area (TPSA) is 41.5 Å². The molecule has 3 nitrogen and oxygen atoms in total. The van der Waals surface area contributed by atoms with Crippen LogP contribution in [0.1, 0.15) is 38.8 Å². The smallest absolute Gasteiger partial charge is 0.120 e. The van der Waals surface area contributed by atoms with Gasteiger partial charge in [0.15, 0.2) is 0 Å². The molecule has 0 saturated carbocycles. The van der Waals surface area contributed by atoms with E-state index >= 15 is 0 Å². The van der Waals surface area contributed by atoms with Crippen LogP contribution in [0.25, 0.3) is 0 Å². The monoisotopic (exact) mass is 251 g/mol. The van der Waals surface area contributed by atoms with Gasteiger partial charge < -0.3 is 15.2 Å². The number of methoxy groups -OCH3 is 1. The summed E-state index contributed by atoms with van der Waals surface area (Å²) >= 11 is 0. The van der Waals surface area contributed by atoms with Crippen LogP contribution in [-0.2, 0) is 4.74 Å². The number of phenolic OH excluding ortho intramolecular Hbond substituents is 1. The number of phenols is 1. The summed E-state index contributed by atoms with van der Waals surface area (Å²) in [6.45, 7) is 7.15. The molecule has 0 amide bonds. The third-order valence-corrected chi connectivity index (χ3v) is 3.29. The number of nitrogens with one attached hydrogen (secondary N) is 1. The maximum atomic E-state index is 9.92. The lowest BCUT2D eigenvalue weighted by molar-refractivity contribution is 0.139. The first-order valence-electron chi connectivity index (χ1n) is 6.63. The van der Waals surface area contributed by atoms with Gasteiger partial charge in [-0.3, -0.25) is 0 Å². The quantitative estimate of drug-likeness (QED) is 0.782. The average Bonchev–Trinajstić information content (AvgIpc) is 2.35. The molecule has 0 radical (unpaired) electrons. The largest absolute Gasteiger partial charge is 0.508 e. The summed E-state index contributed by atoms with van der Waals surface area (Å²) in [6.07, 6.45) is 0.935. The van der Waals surface area contributed by atoms with E-state index in [4.69, 9.17) is 4.74 Å². The summed E-state index contributed by atoms with van der Waals surface area (Å²) in [4.78, 5) is 0. The first kappa shape index (κ1) is 15.0. The molecule has 0 spiro atoms. The van der Waals surface area contributed by atoms with E-state index in [9.17, 15) is 5.11 Å². The van der Waals surface area contributed by atoms with E-state index in [1.165, 1.54) is 0 Å². The first-order valence-corrected chi connectivity index (χ1v) is 6.63. The van der Waals surface area contributed by atoms with Crippen LogP contribution in [0.15, 0.2) is 24.3 Å². The molecule has 1 aromatic carbocycles. The third kappa shape index (κ3) is 4.00. The van der Waals surface area contributed by atoms with E-state index in [1.54, 1.807) is 13.2 Å². The zero-order valence-electron chi connectivity index (χ0n) is 11.8. The van der Waals surface area contributed by atoms with Gasteiger partial charge in [0.2, 0.25) is 0 Å². The highest BCUT2D eigenvalue weighted by Crippen LogP contribution is 2.26. The summed E-state index contributed by atoms with van der Waals surface area (Å²) < 4.78 is 5.25. The van der Waals surface area contributed by atoms with Crippen LogP contribution in [-0.4, -0.2) is 24.9 Å². The Kier molecular flexibility index (Phi) is 6.16. The second-order valence-corrected chi connectivity index (χ2v) is 4.99. The van der Waals surface area contributed by atoms with Gasteiger partial charge in [0.1, 0.15) is 5.75 Å². The summed E-state index contributed by atoms with van der Waals surface area (Å²) in [5.41, 5.74) is 0.960. The van der Waals surface area contributed by atoms with Gasteiger partial charge in [-0.25, -0.2) is 0 Å². The number of hydrogen-bond acceptors (Lipinski definition) is 3. The van der Waals surface area contributed by atoms with Gasteiger partial charge in [0.25, 0.3) is 0 Å². The summed E-state index contributed by atoms with van der Waals surface area (Å²) in [5.74, 6) is 0.849. The Morgan fingerprint density at radius 2 is 1.94 bits per heavy atom. The van der Waals surface area contributed by atoms with Gasteiger partial charge in [-0.2, -0.15) is 0 Å². The van der Waals surface area contributed by atoms with E-state index in [0.29, 0.717) is 24.3 Å². The number of para-hydroxylation sites is 1. The molecule has 0 fully saturated rings. The predicted octanol–water partition coefficient (Wildman–Crippen LogP) is 3.10. The Hall–Kier alpha value is -1.06. The van der Waals surface area contributed by atoms with Crippen molar-refractivity contribution < 1.29 is 9.84 Å². The van der Waals surface area contributed by atoms with E-state index in [2.05, 4.69) is 26.1 Å². The number of rotatable bonds is 7. The van der Waals surface area contributed by atoms with Gasteiger partial charge in [0.05, 0.1) is 6.61 Å². The number of hydrogen-bond donors (Lipinski definition) is 2. The summed E-state index contributed by atoms with van der Waals surface area (Å²) in [6, 6.07) is 7.97. The van der Waals surface area contributed by atoms with Gasteiger partial charge in [0, 0.05) is 24.8 Å². The normalized spacial score (nSPS) is 14.7. The Bertz CT molecular complexity index is 352. The summed E-state index contributed by atoms with van der Waals surface area (Å²) in [7, 11) is 1.72. The van der Waals surface area contributed by atoms with Crippen molar-refractivity contribution in [2.75, 3.05) is 13.7 Å². The molecular formula is C15H25NO2. The molecule has 2 N–H and O–H groups in total. The molecule has 2 atom stereocenters. The highest BCUT2D eigenvalue weighted by atomic mass is 16.5. The molecule has 0 aliphatic heterocycles. The van der Waals surface area contributed by atoms with Crippen molar-refractivity contribution in [1.29, 1.82) is 0 Å². The standard InChI is InChI=1S/C15H25NO2/c1-5-13(12-8-6-7-9-15(12)17)16-14(10-18-4)11(2)3/h6-9,11,13-14,16-17H,5,10H2,1-4H3. The van der Waals surface area contributed by atoms with Crippen molar-refractivity contribution in [2.45, 2.75) is 39.3 Å². The SMILES string of the molecule is CCC(NC(COC)C(C)C)c1ccccc1O. The molecule has 0 bridgehead atoms. The van der Waals surface area contributed by atoms with E-state index in [1.807, 2.05) is 18.2 Å². The van der Waals surface area contributed by atoms with Crippen molar-refractivity contribution in [1.82, 2.24) is 5.32 Å². The lowest BCUT2D eigenvalue weighted by Gasteiger charge is -2.28. The molecule has 0 saturated heterocycles. The highest BCUT2D eigenvalue weighted by Gasteiger charge is 2.20. The zero-order valence-corrected chi connectivity index (χ0v) is 11.8. The molecule has 0 heterocycles. The number of ether oxygens (including phenoxy) is 1. The van der Waals surface area contributed by atoms with Crippen LogP contribution in [0.2, 0.25) is 0 Å². The van der Waals surface area contributed by atoms with Crippen molar-refractivity contribution in [3.05, 3.63) is 29.8 Å². The Labute approximate surface area is 110 Å². The van der Waals surface area contributed by atoms with Crippen molar-refractivity contribution in [2.24, 2.45) is 5.92 Å². The minimum Gasteiger partial charge on any atom is -0.508 e.